The highest BCUT2D eigenvalue weighted by Gasteiger charge is 2.28. The van der Waals surface area contributed by atoms with Crippen LogP contribution in [0.2, 0.25) is 0 Å². The van der Waals surface area contributed by atoms with E-state index in [1.165, 1.54) is 23.8 Å². The predicted molar refractivity (Wildman–Crippen MR) is 75.9 cm³/mol. The molecule has 0 N–H and O–H groups in total. The third-order valence-electron chi connectivity index (χ3n) is 3.52. The molecule has 0 bridgehead atoms. The first-order valence-electron chi connectivity index (χ1n) is 6.51. The average Bonchev–Trinajstić information content (AvgIpc) is 3.23. The summed E-state index contributed by atoms with van der Waals surface area (Å²) < 4.78 is 0. The summed E-state index contributed by atoms with van der Waals surface area (Å²) in [5.41, 5.74) is 2.44. The van der Waals surface area contributed by atoms with E-state index in [1.807, 2.05) is 12.3 Å². The largest absolute Gasteiger partial charge is 0.295 e. The van der Waals surface area contributed by atoms with E-state index in [9.17, 15) is 0 Å². The van der Waals surface area contributed by atoms with Gasteiger partial charge in [-0.2, -0.15) is 0 Å². The fourth-order valence-electron chi connectivity index (χ4n) is 2.45. The summed E-state index contributed by atoms with van der Waals surface area (Å²) in [6, 6.07) is 11.3. The van der Waals surface area contributed by atoms with Crippen molar-refractivity contribution in [3.63, 3.8) is 0 Å². The fraction of sp³-hybridized carbons (Fsp3) is 0.400. The Morgan fingerprint density at radius 1 is 1.22 bits per heavy atom. The van der Waals surface area contributed by atoms with Gasteiger partial charge in [0.15, 0.2) is 0 Å². The molecule has 18 heavy (non-hydrogen) atoms. The quantitative estimate of drug-likeness (QED) is 0.766. The van der Waals surface area contributed by atoms with Crippen molar-refractivity contribution in [1.82, 2.24) is 9.88 Å². The zero-order valence-electron chi connectivity index (χ0n) is 10.3. The summed E-state index contributed by atoms with van der Waals surface area (Å²) in [5, 5.41) is 1.22. The van der Waals surface area contributed by atoms with Gasteiger partial charge in [-0.1, -0.05) is 24.3 Å². The Bertz CT molecular complexity index is 532. The topological polar surface area (TPSA) is 16.1 Å². The van der Waals surface area contributed by atoms with Gasteiger partial charge in [0.25, 0.3) is 0 Å². The number of benzene rings is 1. The van der Waals surface area contributed by atoms with Gasteiger partial charge in [-0.05, 0) is 24.5 Å². The molecule has 1 heterocycles. The lowest BCUT2D eigenvalue weighted by Crippen LogP contribution is -2.27. The Balaban J connectivity index is 1.88. The molecule has 2 aromatic rings. The van der Waals surface area contributed by atoms with Gasteiger partial charge in [0, 0.05) is 36.6 Å². The van der Waals surface area contributed by atoms with E-state index in [0.717, 1.165) is 24.6 Å². The smallest absolute Gasteiger partial charge is 0.0746 e. The van der Waals surface area contributed by atoms with Crippen LogP contribution in [0.5, 0.6) is 0 Å². The maximum atomic E-state index is 5.90. The van der Waals surface area contributed by atoms with Crippen LogP contribution in [0.25, 0.3) is 10.9 Å². The second-order valence-corrected chi connectivity index (χ2v) is 5.26. The van der Waals surface area contributed by atoms with Crippen LogP contribution in [-0.2, 0) is 6.54 Å². The first-order valence-corrected chi connectivity index (χ1v) is 7.04. The molecule has 1 aromatic carbocycles. The van der Waals surface area contributed by atoms with Crippen molar-refractivity contribution in [2.75, 3.05) is 12.4 Å². The lowest BCUT2D eigenvalue weighted by atomic mass is 10.1. The fourth-order valence-corrected chi connectivity index (χ4v) is 2.67. The van der Waals surface area contributed by atoms with Gasteiger partial charge < -0.3 is 0 Å². The minimum Gasteiger partial charge on any atom is -0.295 e. The number of para-hydroxylation sites is 1. The van der Waals surface area contributed by atoms with Crippen molar-refractivity contribution in [2.45, 2.75) is 25.4 Å². The molecule has 94 valence electrons. The van der Waals surface area contributed by atoms with Crippen LogP contribution in [0.3, 0.4) is 0 Å². The lowest BCUT2D eigenvalue weighted by Gasteiger charge is -2.21. The molecule has 0 spiro atoms. The van der Waals surface area contributed by atoms with E-state index in [4.69, 9.17) is 11.6 Å². The summed E-state index contributed by atoms with van der Waals surface area (Å²) in [4.78, 5) is 7.00. The normalized spacial score (nSPS) is 15.4. The molecular formula is C15H17ClN2. The third-order valence-corrected chi connectivity index (χ3v) is 3.69. The third kappa shape index (κ3) is 2.50. The Morgan fingerprint density at radius 3 is 2.83 bits per heavy atom. The SMILES string of the molecule is ClCCN(Cc1cccc2cccnc12)C1CC1. The van der Waals surface area contributed by atoms with E-state index >= 15 is 0 Å². The molecule has 3 heteroatoms. The van der Waals surface area contributed by atoms with Crippen molar-refractivity contribution in [3.8, 4) is 0 Å². The van der Waals surface area contributed by atoms with Crippen LogP contribution in [0.15, 0.2) is 36.5 Å². The molecule has 0 unspecified atom stereocenters. The molecule has 3 rings (SSSR count). The van der Waals surface area contributed by atoms with Crippen LogP contribution in [-0.4, -0.2) is 28.4 Å². The van der Waals surface area contributed by atoms with Crippen molar-refractivity contribution in [2.24, 2.45) is 0 Å². The monoisotopic (exact) mass is 260 g/mol. The van der Waals surface area contributed by atoms with Crippen molar-refractivity contribution in [1.29, 1.82) is 0 Å². The van der Waals surface area contributed by atoms with E-state index in [2.05, 4.69) is 34.1 Å². The molecule has 1 fully saturated rings. The standard InChI is InChI=1S/C15H17ClN2/c16-8-10-18(14-6-7-14)11-13-4-1-3-12-5-2-9-17-15(12)13/h1-5,9,14H,6-8,10-11H2. The molecule has 2 nitrogen and oxygen atoms in total. The summed E-state index contributed by atoms with van der Waals surface area (Å²) in [6.45, 7) is 1.93. The van der Waals surface area contributed by atoms with Crippen LogP contribution in [0.4, 0.5) is 0 Å². The van der Waals surface area contributed by atoms with Gasteiger partial charge >= 0.3 is 0 Å². The van der Waals surface area contributed by atoms with E-state index in [-0.39, 0.29) is 0 Å². The lowest BCUT2D eigenvalue weighted by molar-refractivity contribution is 0.272. The molecular weight excluding hydrogens is 244 g/mol. The van der Waals surface area contributed by atoms with Gasteiger partial charge in [-0.25, -0.2) is 0 Å². The predicted octanol–water partition coefficient (Wildman–Crippen LogP) is 3.44. The molecule has 1 aliphatic carbocycles. The average molecular weight is 261 g/mol. The zero-order chi connectivity index (χ0) is 12.4. The van der Waals surface area contributed by atoms with Gasteiger partial charge in [-0.3, -0.25) is 9.88 Å². The molecule has 1 aliphatic rings. The second kappa shape index (κ2) is 5.25. The first-order chi connectivity index (χ1) is 8.88. The highest BCUT2D eigenvalue weighted by molar-refractivity contribution is 6.18. The first kappa shape index (κ1) is 11.9. The molecule has 0 saturated heterocycles. The van der Waals surface area contributed by atoms with Gasteiger partial charge in [0.1, 0.15) is 0 Å². The summed E-state index contributed by atoms with van der Waals surface area (Å²) in [7, 11) is 0. The molecule has 0 atom stereocenters. The number of nitrogens with zero attached hydrogens (tertiary/aromatic N) is 2. The Kier molecular flexibility index (Phi) is 3.48. The number of halogens is 1. The molecule has 0 aliphatic heterocycles. The maximum absolute atomic E-state index is 5.90. The van der Waals surface area contributed by atoms with Gasteiger partial charge in [0.2, 0.25) is 0 Å². The highest BCUT2D eigenvalue weighted by atomic mass is 35.5. The molecule has 0 amide bonds. The zero-order valence-corrected chi connectivity index (χ0v) is 11.1. The maximum Gasteiger partial charge on any atom is 0.0746 e. The van der Waals surface area contributed by atoms with E-state index < -0.39 is 0 Å². The van der Waals surface area contributed by atoms with Crippen molar-refractivity contribution in [3.05, 3.63) is 42.1 Å². The highest BCUT2D eigenvalue weighted by Crippen LogP contribution is 2.29. The van der Waals surface area contributed by atoms with Crippen molar-refractivity contribution >= 4 is 22.5 Å². The summed E-state index contributed by atoms with van der Waals surface area (Å²) in [5.74, 6) is 0.703. The minimum atomic E-state index is 0.703. The van der Waals surface area contributed by atoms with E-state index in [1.54, 1.807) is 0 Å². The Morgan fingerprint density at radius 2 is 2.06 bits per heavy atom. The van der Waals surface area contributed by atoms with E-state index in [0.29, 0.717) is 5.88 Å². The second-order valence-electron chi connectivity index (χ2n) is 4.88. The number of alkyl halides is 1. The number of fused-ring (bicyclic) bond motifs is 1. The van der Waals surface area contributed by atoms with Gasteiger partial charge in [0.05, 0.1) is 5.52 Å². The van der Waals surface area contributed by atoms with Crippen LogP contribution < -0.4 is 0 Å². The minimum absolute atomic E-state index is 0.703. The molecule has 1 aromatic heterocycles. The molecule has 1 saturated carbocycles. The van der Waals surface area contributed by atoms with Crippen molar-refractivity contribution < 1.29 is 0 Å². The summed E-state index contributed by atoms with van der Waals surface area (Å²) >= 11 is 5.90. The summed E-state index contributed by atoms with van der Waals surface area (Å²) in [6.07, 6.45) is 4.50. The molecule has 0 radical (unpaired) electrons. The Labute approximate surface area is 113 Å². The van der Waals surface area contributed by atoms with Gasteiger partial charge in [-0.15, -0.1) is 11.6 Å². The van der Waals surface area contributed by atoms with Crippen LogP contribution >= 0.6 is 11.6 Å². The van der Waals surface area contributed by atoms with Crippen LogP contribution in [0.1, 0.15) is 18.4 Å². The van der Waals surface area contributed by atoms with Crippen LogP contribution in [0, 0.1) is 0 Å². The number of rotatable bonds is 5. The number of pyridine rings is 1. The number of hydrogen-bond donors (Lipinski definition) is 0. The number of hydrogen-bond acceptors (Lipinski definition) is 2. The number of aromatic nitrogens is 1. The Hall–Kier alpha value is -1.12.